The highest BCUT2D eigenvalue weighted by molar-refractivity contribution is 6.09. The second-order valence-corrected chi connectivity index (χ2v) is 11.8. The van der Waals surface area contributed by atoms with Crippen LogP contribution in [0.15, 0.2) is 97.5 Å². The van der Waals surface area contributed by atoms with Gasteiger partial charge in [0.1, 0.15) is 23.1 Å². The molecular formula is C40H38N4O2. The van der Waals surface area contributed by atoms with Gasteiger partial charge >= 0.3 is 0 Å². The molecule has 3 heterocycles. The van der Waals surface area contributed by atoms with Gasteiger partial charge in [-0.05, 0) is 103 Å². The Morgan fingerprint density at radius 1 is 0.696 bits per heavy atom. The highest BCUT2D eigenvalue weighted by Gasteiger charge is 2.19. The molecule has 0 fully saturated rings. The topological polar surface area (TPSA) is 54.1 Å². The molecule has 0 radical (unpaired) electrons. The van der Waals surface area contributed by atoms with Crippen LogP contribution >= 0.6 is 0 Å². The number of para-hydroxylation sites is 1. The zero-order valence-electron chi connectivity index (χ0n) is 27.3. The molecule has 0 N–H and O–H groups in total. The van der Waals surface area contributed by atoms with Crippen LogP contribution in [-0.2, 0) is 12.8 Å². The van der Waals surface area contributed by atoms with Crippen molar-refractivity contribution >= 4 is 21.8 Å². The second kappa shape index (κ2) is 11.9. The number of methoxy groups -OCH3 is 1. The van der Waals surface area contributed by atoms with Crippen molar-refractivity contribution < 1.29 is 9.47 Å². The van der Waals surface area contributed by atoms with Gasteiger partial charge in [-0.25, -0.2) is 9.67 Å². The summed E-state index contributed by atoms with van der Waals surface area (Å²) in [4.78, 5) is 4.68. The first-order chi connectivity index (χ1) is 22.4. The molecule has 6 heteroatoms. The lowest BCUT2D eigenvalue weighted by Crippen LogP contribution is -2.04. The average Bonchev–Trinajstić information content (AvgIpc) is 3.70. The van der Waals surface area contributed by atoms with Crippen LogP contribution in [0.4, 0.5) is 0 Å². The van der Waals surface area contributed by atoms with Crippen LogP contribution < -0.4 is 9.47 Å². The fourth-order valence-electron chi connectivity index (χ4n) is 6.85. The third-order valence-corrected chi connectivity index (χ3v) is 9.36. The molecule has 0 unspecified atom stereocenters. The summed E-state index contributed by atoms with van der Waals surface area (Å²) in [6, 6.07) is 26.5. The summed E-state index contributed by atoms with van der Waals surface area (Å²) >= 11 is 0. The minimum Gasteiger partial charge on any atom is -0.497 e. The number of nitrogens with zero attached hydrogens (tertiary/aromatic N) is 4. The van der Waals surface area contributed by atoms with E-state index in [1.807, 2.05) is 47.3 Å². The summed E-state index contributed by atoms with van der Waals surface area (Å²) in [5, 5.41) is 7.09. The first kappa shape index (κ1) is 29.4. The van der Waals surface area contributed by atoms with Crippen molar-refractivity contribution in [3.63, 3.8) is 0 Å². The van der Waals surface area contributed by atoms with Gasteiger partial charge < -0.3 is 9.47 Å². The number of aromatic nitrogens is 4. The Labute approximate surface area is 269 Å². The summed E-state index contributed by atoms with van der Waals surface area (Å²) in [6.45, 7) is 11.2. The molecule has 0 atom stereocenters. The summed E-state index contributed by atoms with van der Waals surface area (Å²) in [7, 11) is 1.67. The van der Waals surface area contributed by atoms with Gasteiger partial charge in [-0.3, -0.25) is 4.57 Å². The third kappa shape index (κ3) is 4.91. The van der Waals surface area contributed by atoms with Crippen LogP contribution in [0, 0.1) is 20.8 Å². The van der Waals surface area contributed by atoms with Crippen molar-refractivity contribution in [1.82, 2.24) is 19.3 Å². The van der Waals surface area contributed by atoms with Crippen LogP contribution in [0.2, 0.25) is 0 Å². The molecule has 230 valence electrons. The normalized spacial score (nSPS) is 11.4. The molecule has 0 aliphatic heterocycles. The number of benzene rings is 4. The quantitative estimate of drug-likeness (QED) is 0.173. The molecule has 3 aromatic heterocycles. The van der Waals surface area contributed by atoms with Gasteiger partial charge in [-0.2, -0.15) is 5.10 Å². The maximum Gasteiger partial charge on any atom is 0.141 e. The molecule has 0 saturated heterocycles. The maximum atomic E-state index is 6.49. The average molecular weight is 607 g/mol. The molecule has 0 saturated carbocycles. The zero-order chi connectivity index (χ0) is 31.9. The predicted molar refractivity (Wildman–Crippen MR) is 187 cm³/mol. The first-order valence-electron chi connectivity index (χ1n) is 15.9. The molecular weight excluding hydrogens is 568 g/mol. The van der Waals surface area contributed by atoms with Gasteiger partial charge in [0, 0.05) is 46.9 Å². The van der Waals surface area contributed by atoms with E-state index < -0.39 is 0 Å². The fourth-order valence-corrected chi connectivity index (χ4v) is 6.85. The predicted octanol–water partition coefficient (Wildman–Crippen LogP) is 9.88. The molecule has 0 aliphatic rings. The van der Waals surface area contributed by atoms with Gasteiger partial charge in [0.15, 0.2) is 0 Å². The molecule has 7 aromatic rings. The van der Waals surface area contributed by atoms with Crippen LogP contribution in [0.3, 0.4) is 0 Å². The van der Waals surface area contributed by atoms with E-state index in [0.717, 1.165) is 69.0 Å². The Bertz CT molecular complexity index is 2210. The lowest BCUT2D eigenvalue weighted by Gasteiger charge is -2.21. The number of ether oxygens (including phenoxy) is 2. The van der Waals surface area contributed by atoms with Crippen molar-refractivity contribution in [2.75, 3.05) is 7.11 Å². The highest BCUT2D eigenvalue weighted by Crippen LogP contribution is 2.37. The fraction of sp³-hybridized carbons (Fsp3) is 0.200. The maximum absolute atomic E-state index is 6.49. The number of pyridine rings is 1. The summed E-state index contributed by atoms with van der Waals surface area (Å²) in [6.07, 6.45) is 7.89. The van der Waals surface area contributed by atoms with Crippen LogP contribution in [0.1, 0.15) is 41.7 Å². The van der Waals surface area contributed by atoms with E-state index in [0.29, 0.717) is 0 Å². The Hall–Kier alpha value is -5.36. The standard InChI is InChI=1S/C40H38N4O2/c1-7-33-26(4)25(3)27(5)34(8-2)40(33)28-23-42-43(24-28)29-12-11-13-31(20-29)46-32-16-17-36-35-14-9-10-15-37(35)44(38(36)21-32)39-22-30(45-6)18-19-41-39/h9-24H,7-8H2,1-6H3. The lowest BCUT2D eigenvalue weighted by molar-refractivity contribution is 0.414. The van der Waals surface area contributed by atoms with Crippen molar-refractivity contribution in [2.45, 2.75) is 47.5 Å². The van der Waals surface area contributed by atoms with Crippen molar-refractivity contribution in [2.24, 2.45) is 0 Å². The smallest absolute Gasteiger partial charge is 0.141 e. The van der Waals surface area contributed by atoms with Crippen molar-refractivity contribution in [3.05, 3.63) is 125 Å². The summed E-state index contributed by atoms with van der Waals surface area (Å²) < 4.78 is 16.1. The molecule has 0 bridgehead atoms. The SMILES string of the molecule is CCc1c(C)c(C)c(C)c(CC)c1-c1cnn(-c2cccc(Oc3ccc4c5ccccc5n(-c5cc(OC)ccn5)c4c3)c2)c1. The first-order valence-corrected chi connectivity index (χ1v) is 15.9. The summed E-state index contributed by atoms with van der Waals surface area (Å²) in [5.41, 5.74) is 12.5. The summed E-state index contributed by atoms with van der Waals surface area (Å²) in [5.74, 6) is 3.02. The Balaban J connectivity index is 1.26. The third-order valence-electron chi connectivity index (χ3n) is 9.36. The van der Waals surface area contributed by atoms with Gasteiger partial charge in [-0.15, -0.1) is 0 Å². The molecule has 4 aromatic carbocycles. The van der Waals surface area contributed by atoms with E-state index in [1.165, 1.54) is 33.4 Å². The Morgan fingerprint density at radius 2 is 1.43 bits per heavy atom. The van der Waals surface area contributed by atoms with Gasteiger partial charge in [0.25, 0.3) is 0 Å². The van der Waals surface area contributed by atoms with E-state index in [9.17, 15) is 0 Å². The lowest BCUT2D eigenvalue weighted by atomic mass is 9.84. The number of fused-ring (bicyclic) bond motifs is 3. The van der Waals surface area contributed by atoms with Crippen LogP contribution in [0.5, 0.6) is 17.2 Å². The van der Waals surface area contributed by atoms with Crippen molar-refractivity contribution in [1.29, 1.82) is 0 Å². The van der Waals surface area contributed by atoms with E-state index in [-0.39, 0.29) is 0 Å². The zero-order valence-corrected chi connectivity index (χ0v) is 27.3. The van der Waals surface area contributed by atoms with E-state index >= 15 is 0 Å². The minimum absolute atomic E-state index is 0.738. The highest BCUT2D eigenvalue weighted by atomic mass is 16.5. The Morgan fingerprint density at radius 3 is 2.20 bits per heavy atom. The van der Waals surface area contributed by atoms with Gasteiger partial charge in [0.2, 0.25) is 0 Å². The molecule has 7 rings (SSSR count). The van der Waals surface area contributed by atoms with Gasteiger partial charge in [0.05, 0.1) is 30.0 Å². The van der Waals surface area contributed by atoms with E-state index in [4.69, 9.17) is 14.6 Å². The monoisotopic (exact) mass is 606 g/mol. The van der Waals surface area contributed by atoms with E-state index in [2.05, 4.69) is 92.8 Å². The molecule has 0 amide bonds. The Kier molecular flexibility index (Phi) is 7.57. The minimum atomic E-state index is 0.738. The number of hydrogen-bond acceptors (Lipinski definition) is 4. The van der Waals surface area contributed by atoms with Gasteiger partial charge in [-0.1, -0.05) is 38.1 Å². The molecule has 0 spiro atoms. The van der Waals surface area contributed by atoms with Crippen LogP contribution in [-0.4, -0.2) is 26.4 Å². The number of hydrogen-bond donors (Lipinski definition) is 0. The molecule has 6 nitrogen and oxygen atoms in total. The van der Waals surface area contributed by atoms with E-state index in [1.54, 1.807) is 13.3 Å². The largest absolute Gasteiger partial charge is 0.497 e. The molecule has 46 heavy (non-hydrogen) atoms. The second-order valence-electron chi connectivity index (χ2n) is 11.8. The van der Waals surface area contributed by atoms with Crippen molar-refractivity contribution in [3.8, 4) is 39.9 Å². The number of rotatable bonds is 8. The molecule has 0 aliphatic carbocycles. The van der Waals surface area contributed by atoms with Crippen LogP contribution in [0.25, 0.3) is 44.4 Å².